The standard InChI is InChI=1S/C19H22IN3O2/c1-25-16-8-6-15(7-9-16)22-10-12-23(13-11-22)19(24)14-21-18-5-3-2-4-17(18)20/h2-9,21H,10-14H2,1H3. The normalized spacial score (nSPS) is 14.3. The van der Waals surface area contributed by atoms with Crippen LogP contribution in [0.3, 0.4) is 0 Å². The van der Waals surface area contributed by atoms with Crippen LogP contribution < -0.4 is 15.0 Å². The first-order valence-electron chi connectivity index (χ1n) is 8.32. The van der Waals surface area contributed by atoms with Crippen molar-refractivity contribution in [3.63, 3.8) is 0 Å². The minimum absolute atomic E-state index is 0.147. The summed E-state index contributed by atoms with van der Waals surface area (Å²) in [5.74, 6) is 1.01. The first-order valence-corrected chi connectivity index (χ1v) is 9.40. The third-order valence-corrected chi connectivity index (χ3v) is 5.31. The molecular formula is C19H22IN3O2. The van der Waals surface area contributed by atoms with Crippen LogP contribution in [0.1, 0.15) is 0 Å². The smallest absolute Gasteiger partial charge is 0.241 e. The van der Waals surface area contributed by atoms with Crippen molar-refractivity contribution in [3.05, 3.63) is 52.1 Å². The molecule has 1 N–H and O–H groups in total. The lowest BCUT2D eigenvalue weighted by atomic mass is 10.2. The number of carbonyl (C=O) groups excluding carboxylic acids is 1. The number of rotatable bonds is 5. The second-order valence-electron chi connectivity index (χ2n) is 5.90. The van der Waals surface area contributed by atoms with Gasteiger partial charge in [-0.2, -0.15) is 0 Å². The monoisotopic (exact) mass is 451 g/mol. The highest BCUT2D eigenvalue weighted by molar-refractivity contribution is 14.1. The number of amides is 1. The SMILES string of the molecule is COc1ccc(N2CCN(C(=O)CNc3ccccc3I)CC2)cc1. The number of carbonyl (C=O) groups is 1. The summed E-state index contributed by atoms with van der Waals surface area (Å²) in [7, 11) is 1.67. The molecule has 2 aromatic carbocycles. The average Bonchev–Trinajstić information content (AvgIpc) is 2.67. The number of nitrogens with zero attached hydrogens (tertiary/aromatic N) is 2. The fourth-order valence-electron chi connectivity index (χ4n) is 2.89. The van der Waals surface area contributed by atoms with Crippen LogP contribution in [0.5, 0.6) is 5.75 Å². The van der Waals surface area contributed by atoms with Crippen LogP contribution in [0, 0.1) is 3.57 Å². The number of hydrogen-bond donors (Lipinski definition) is 1. The largest absolute Gasteiger partial charge is 0.497 e. The zero-order valence-electron chi connectivity index (χ0n) is 14.2. The fraction of sp³-hybridized carbons (Fsp3) is 0.316. The number of halogens is 1. The van der Waals surface area contributed by atoms with E-state index >= 15 is 0 Å². The van der Waals surface area contributed by atoms with Crippen LogP contribution in [0.15, 0.2) is 48.5 Å². The highest BCUT2D eigenvalue weighted by atomic mass is 127. The molecule has 3 rings (SSSR count). The van der Waals surface area contributed by atoms with Gasteiger partial charge in [0, 0.05) is 41.1 Å². The second-order valence-corrected chi connectivity index (χ2v) is 7.06. The highest BCUT2D eigenvalue weighted by Gasteiger charge is 2.21. The molecule has 0 atom stereocenters. The lowest BCUT2D eigenvalue weighted by Crippen LogP contribution is -2.50. The van der Waals surface area contributed by atoms with Gasteiger partial charge in [-0.25, -0.2) is 0 Å². The molecule has 0 aliphatic carbocycles. The molecular weight excluding hydrogens is 429 g/mol. The van der Waals surface area contributed by atoms with Gasteiger partial charge in [-0.1, -0.05) is 12.1 Å². The number of piperazine rings is 1. The lowest BCUT2D eigenvalue weighted by molar-refractivity contribution is -0.129. The first kappa shape index (κ1) is 17.8. The highest BCUT2D eigenvalue weighted by Crippen LogP contribution is 2.21. The van der Waals surface area contributed by atoms with E-state index in [9.17, 15) is 4.79 Å². The van der Waals surface area contributed by atoms with Crippen LogP contribution in [-0.4, -0.2) is 50.6 Å². The van der Waals surface area contributed by atoms with E-state index in [2.05, 4.69) is 44.9 Å². The molecule has 132 valence electrons. The van der Waals surface area contributed by atoms with Crippen LogP contribution in [-0.2, 0) is 4.79 Å². The Morgan fingerprint density at radius 2 is 1.76 bits per heavy atom. The second kappa shape index (κ2) is 8.42. The summed E-state index contributed by atoms with van der Waals surface area (Å²) in [5.41, 5.74) is 2.18. The zero-order chi connectivity index (χ0) is 17.6. The van der Waals surface area contributed by atoms with Gasteiger partial charge >= 0.3 is 0 Å². The number of hydrogen-bond acceptors (Lipinski definition) is 4. The van der Waals surface area contributed by atoms with Gasteiger partial charge in [0.2, 0.25) is 5.91 Å². The number of ether oxygens (including phenoxy) is 1. The summed E-state index contributed by atoms with van der Waals surface area (Å²) >= 11 is 2.27. The van der Waals surface area contributed by atoms with E-state index in [-0.39, 0.29) is 5.91 Å². The molecule has 5 nitrogen and oxygen atoms in total. The molecule has 0 bridgehead atoms. The van der Waals surface area contributed by atoms with E-state index in [1.807, 2.05) is 41.3 Å². The molecule has 2 aromatic rings. The summed E-state index contributed by atoms with van der Waals surface area (Å²) in [6.07, 6.45) is 0. The van der Waals surface area contributed by atoms with Gasteiger partial charge in [-0.3, -0.25) is 4.79 Å². The zero-order valence-corrected chi connectivity index (χ0v) is 16.4. The van der Waals surface area contributed by atoms with Crippen LogP contribution in [0.4, 0.5) is 11.4 Å². The van der Waals surface area contributed by atoms with E-state index in [0.29, 0.717) is 6.54 Å². The Bertz CT molecular complexity index is 713. The Labute approximate surface area is 162 Å². The molecule has 6 heteroatoms. The maximum atomic E-state index is 12.4. The van der Waals surface area contributed by atoms with Crippen LogP contribution in [0.25, 0.3) is 0 Å². The number of benzene rings is 2. The molecule has 0 radical (unpaired) electrons. The number of para-hydroxylation sites is 1. The summed E-state index contributed by atoms with van der Waals surface area (Å²) in [4.78, 5) is 16.7. The summed E-state index contributed by atoms with van der Waals surface area (Å²) in [6, 6.07) is 16.1. The molecule has 0 unspecified atom stereocenters. The molecule has 1 aliphatic heterocycles. The van der Waals surface area contributed by atoms with E-state index < -0.39 is 0 Å². The Morgan fingerprint density at radius 1 is 1.08 bits per heavy atom. The number of anilines is 2. The number of methoxy groups -OCH3 is 1. The van der Waals surface area contributed by atoms with Crippen molar-refractivity contribution >= 4 is 39.9 Å². The van der Waals surface area contributed by atoms with Gasteiger partial charge in [-0.05, 0) is 59.0 Å². The van der Waals surface area contributed by atoms with Gasteiger partial charge in [-0.15, -0.1) is 0 Å². The van der Waals surface area contributed by atoms with Crippen LogP contribution >= 0.6 is 22.6 Å². The van der Waals surface area contributed by atoms with Crippen molar-refractivity contribution in [2.24, 2.45) is 0 Å². The molecule has 1 fully saturated rings. The predicted octanol–water partition coefficient (Wildman–Crippen LogP) is 3.06. The number of nitrogens with one attached hydrogen (secondary N) is 1. The van der Waals surface area contributed by atoms with Crippen molar-refractivity contribution in [2.75, 3.05) is 50.1 Å². The molecule has 1 heterocycles. The maximum absolute atomic E-state index is 12.4. The van der Waals surface area contributed by atoms with Gasteiger partial charge in [0.25, 0.3) is 0 Å². The van der Waals surface area contributed by atoms with Gasteiger partial charge in [0.15, 0.2) is 0 Å². The Hall–Kier alpha value is -1.96. The Balaban J connectivity index is 1.49. The predicted molar refractivity (Wildman–Crippen MR) is 109 cm³/mol. The molecule has 0 saturated carbocycles. The average molecular weight is 451 g/mol. The maximum Gasteiger partial charge on any atom is 0.241 e. The van der Waals surface area contributed by atoms with Crippen molar-refractivity contribution in [2.45, 2.75) is 0 Å². The minimum Gasteiger partial charge on any atom is -0.497 e. The fourth-order valence-corrected chi connectivity index (χ4v) is 3.47. The van der Waals surface area contributed by atoms with E-state index in [1.165, 1.54) is 5.69 Å². The molecule has 1 aliphatic rings. The molecule has 1 saturated heterocycles. The first-order chi connectivity index (χ1) is 12.2. The van der Waals surface area contributed by atoms with Gasteiger partial charge in [0.1, 0.15) is 5.75 Å². The molecule has 0 spiro atoms. The Morgan fingerprint density at radius 3 is 2.40 bits per heavy atom. The summed E-state index contributed by atoms with van der Waals surface area (Å²) in [5, 5.41) is 3.24. The Kier molecular flexibility index (Phi) is 6.01. The summed E-state index contributed by atoms with van der Waals surface area (Å²) < 4.78 is 6.32. The van der Waals surface area contributed by atoms with Gasteiger partial charge < -0.3 is 19.9 Å². The van der Waals surface area contributed by atoms with Crippen molar-refractivity contribution < 1.29 is 9.53 Å². The third-order valence-electron chi connectivity index (χ3n) is 4.37. The third kappa shape index (κ3) is 4.56. The van der Waals surface area contributed by atoms with Crippen molar-refractivity contribution in [1.82, 2.24) is 4.90 Å². The van der Waals surface area contributed by atoms with Crippen molar-refractivity contribution in [3.8, 4) is 5.75 Å². The van der Waals surface area contributed by atoms with Gasteiger partial charge in [0.05, 0.1) is 13.7 Å². The van der Waals surface area contributed by atoms with E-state index in [0.717, 1.165) is 41.2 Å². The quantitative estimate of drug-likeness (QED) is 0.711. The molecule has 0 aromatic heterocycles. The summed E-state index contributed by atoms with van der Waals surface area (Å²) in [6.45, 7) is 3.53. The molecule has 1 amide bonds. The van der Waals surface area contributed by atoms with Crippen molar-refractivity contribution in [1.29, 1.82) is 0 Å². The molecule has 25 heavy (non-hydrogen) atoms. The van der Waals surface area contributed by atoms with E-state index in [4.69, 9.17) is 4.74 Å². The van der Waals surface area contributed by atoms with E-state index in [1.54, 1.807) is 7.11 Å². The topological polar surface area (TPSA) is 44.8 Å². The lowest BCUT2D eigenvalue weighted by Gasteiger charge is -2.36. The van der Waals surface area contributed by atoms with Crippen LogP contribution in [0.2, 0.25) is 0 Å². The minimum atomic E-state index is 0.147.